The van der Waals surface area contributed by atoms with Crippen LogP contribution in [-0.2, 0) is 4.79 Å². The Morgan fingerprint density at radius 3 is 2.71 bits per heavy atom. The smallest absolute Gasteiger partial charge is 0.270 e. The molecule has 0 saturated heterocycles. The summed E-state index contributed by atoms with van der Waals surface area (Å²) in [6.45, 7) is 4.19. The zero-order chi connectivity index (χ0) is 20.1. The van der Waals surface area contributed by atoms with Gasteiger partial charge >= 0.3 is 0 Å². The number of nitrogens with zero attached hydrogens (tertiary/aromatic N) is 1. The molecule has 1 N–H and O–H groups in total. The Morgan fingerprint density at radius 1 is 1.25 bits per heavy atom. The van der Waals surface area contributed by atoms with Gasteiger partial charge in [0, 0.05) is 30.2 Å². The molecule has 0 spiro atoms. The van der Waals surface area contributed by atoms with E-state index in [9.17, 15) is 14.9 Å². The first-order valence-electron chi connectivity index (χ1n) is 9.47. The summed E-state index contributed by atoms with van der Waals surface area (Å²) in [7, 11) is 0. The van der Waals surface area contributed by atoms with Gasteiger partial charge in [-0.3, -0.25) is 14.9 Å². The van der Waals surface area contributed by atoms with Crippen molar-refractivity contribution < 1.29 is 14.5 Å². The Balaban J connectivity index is 1.77. The summed E-state index contributed by atoms with van der Waals surface area (Å²) < 4.78 is 6.26. The Kier molecular flexibility index (Phi) is 5.78. The van der Waals surface area contributed by atoms with Crippen molar-refractivity contribution in [1.29, 1.82) is 0 Å². The Morgan fingerprint density at radius 2 is 2.00 bits per heavy atom. The number of carbonyl (C=O) groups excluding carboxylic acids is 1. The number of nitro benzene ring substituents is 1. The van der Waals surface area contributed by atoms with Gasteiger partial charge in [-0.15, -0.1) is 0 Å². The number of benzene rings is 2. The minimum atomic E-state index is -0.453. The van der Waals surface area contributed by atoms with Crippen molar-refractivity contribution >= 4 is 17.7 Å². The molecule has 28 heavy (non-hydrogen) atoms. The fraction of sp³-hybridized carbons (Fsp3) is 0.318. The van der Waals surface area contributed by atoms with Crippen LogP contribution < -0.4 is 10.1 Å². The topological polar surface area (TPSA) is 81.5 Å². The van der Waals surface area contributed by atoms with Crippen LogP contribution in [0.1, 0.15) is 50.3 Å². The summed E-state index contributed by atoms with van der Waals surface area (Å²) in [5.74, 6) is 0.569. The molecule has 0 radical (unpaired) electrons. The molecule has 1 amide bonds. The summed E-state index contributed by atoms with van der Waals surface area (Å²) in [4.78, 5) is 23.0. The van der Waals surface area contributed by atoms with Crippen molar-refractivity contribution in [2.75, 3.05) is 0 Å². The number of amides is 1. The number of ether oxygens (including phenoxy) is 1. The largest absolute Gasteiger partial charge is 0.487 e. The van der Waals surface area contributed by atoms with Crippen LogP contribution in [0.2, 0.25) is 0 Å². The quantitative estimate of drug-likeness (QED) is 0.443. The Labute approximate surface area is 164 Å². The SMILES string of the molecule is CCC1(CC)C[C@@H](NC(=O)/C=C/c2cccc([N+](=O)[O-])c2)c2ccccc2O1. The molecule has 146 valence electrons. The normalized spacial score (nSPS) is 17.6. The number of carbonyl (C=O) groups is 1. The second-order valence-electron chi connectivity index (χ2n) is 6.98. The first kappa shape index (κ1) is 19.6. The highest BCUT2D eigenvalue weighted by atomic mass is 16.6. The lowest BCUT2D eigenvalue weighted by molar-refractivity contribution is -0.384. The Bertz CT molecular complexity index is 903. The van der Waals surface area contributed by atoms with E-state index in [1.165, 1.54) is 18.2 Å². The number of hydrogen-bond acceptors (Lipinski definition) is 4. The van der Waals surface area contributed by atoms with Crippen LogP contribution in [0.25, 0.3) is 6.08 Å². The van der Waals surface area contributed by atoms with Gasteiger partial charge < -0.3 is 10.1 Å². The van der Waals surface area contributed by atoms with Crippen LogP contribution in [0, 0.1) is 10.1 Å². The van der Waals surface area contributed by atoms with Gasteiger partial charge in [0.2, 0.25) is 5.91 Å². The summed E-state index contributed by atoms with van der Waals surface area (Å²) >= 11 is 0. The third-order valence-corrected chi connectivity index (χ3v) is 5.31. The van der Waals surface area contributed by atoms with E-state index >= 15 is 0 Å². The van der Waals surface area contributed by atoms with Gasteiger partial charge in [-0.05, 0) is 30.5 Å². The molecular weight excluding hydrogens is 356 g/mol. The molecular formula is C22H24N2O4. The zero-order valence-electron chi connectivity index (χ0n) is 16.1. The van der Waals surface area contributed by atoms with E-state index in [2.05, 4.69) is 19.2 Å². The first-order valence-corrected chi connectivity index (χ1v) is 9.47. The highest BCUT2D eigenvalue weighted by Crippen LogP contribution is 2.42. The average Bonchev–Trinajstić information content (AvgIpc) is 2.72. The lowest BCUT2D eigenvalue weighted by atomic mass is 9.83. The first-order chi connectivity index (χ1) is 13.5. The molecule has 6 heteroatoms. The van der Waals surface area contributed by atoms with Crippen molar-refractivity contribution in [1.82, 2.24) is 5.32 Å². The number of para-hydroxylation sites is 1. The lowest BCUT2D eigenvalue weighted by Gasteiger charge is -2.41. The molecule has 1 heterocycles. The van der Waals surface area contributed by atoms with Crippen LogP contribution in [0.15, 0.2) is 54.6 Å². The maximum absolute atomic E-state index is 12.5. The maximum Gasteiger partial charge on any atom is 0.270 e. The number of hydrogen-bond donors (Lipinski definition) is 1. The molecule has 0 saturated carbocycles. The van der Waals surface area contributed by atoms with E-state index in [0.29, 0.717) is 12.0 Å². The van der Waals surface area contributed by atoms with E-state index < -0.39 is 4.92 Å². The van der Waals surface area contributed by atoms with Crippen LogP contribution in [0.3, 0.4) is 0 Å². The van der Waals surface area contributed by atoms with E-state index in [-0.39, 0.29) is 23.2 Å². The summed E-state index contributed by atoms with van der Waals surface area (Å²) in [5, 5.41) is 13.9. The number of non-ortho nitro benzene ring substituents is 1. The van der Waals surface area contributed by atoms with Crippen molar-refractivity contribution in [2.45, 2.75) is 44.8 Å². The summed E-state index contributed by atoms with van der Waals surface area (Å²) in [5.41, 5.74) is 1.28. The number of nitrogens with one attached hydrogen (secondary N) is 1. The molecule has 1 aliphatic heterocycles. The van der Waals surface area contributed by atoms with Gasteiger partial charge in [0.25, 0.3) is 5.69 Å². The van der Waals surface area contributed by atoms with Crippen molar-refractivity contribution in [3.05, 3.63) is 75.8 Å². The molecule has 1 aliphatic rings. The molecule has 0 bridgehead atoms. The molecule has 2 aromatic carbocycles. The average molecular weight is 380 g/mol. The third-order valence-electron chi connectivity index (χ3n) is 5.31. The van der Waals surface area contributed by atoms with Crippen LogP contribution in [0.4, 0.5) is 5.69 Å². The zero-order valence-corrected chi connectivity index (χ0v) is 16.1. The predicted molar refractivity (Wildman–Crippen MR) is 108 cm³/mol. The van der Waals surface area contributed by atoms with Crippen LogP contribution in [-0.4, -0.2) is 16.4 Å². The van der Waals surface area contributed by atoms with Gasteiger partial charge in [-0.25, -0.2) is 0 Å². The number of rotatable bonds is 6. The molecule has 0 unspecified atom stereocenters. The van der Waals surface area contributed by atoms with Gasteiger partial charge in [0.1, 0.15) is 11.4 Å². The third kappa shape index (κ3) is 4.22. The molecule has 0 aromatic heterocycles. The fourth-order valence-corrected chi connectivity index (χ4v) is 3.56. The second kappa shape index (κ2) is 8.25. The van der Waals surface area contributed by atoms with E-state index in [0.717, 1.165) is 24.2 Å². The second-order valence-corrected chi connectivity index (χ2v) is 6.98. The lowest BCUT2D eigenvalue weighted by Crippen LogP contribution is -2.44. The molecule has 6 nitrogen and oxygen atoms in total. The minimum absolute atomic E-state index is 0.00316. The van der Waals surface area contributed by atoms with Gasteiger partial charge in [-0.2, -0.15) is 0 Å². The molecule has 1 atom stereocenters. The summed E-state index contributed by atoms with van der Waals surface area (Å²) in [6.07, 6.45) is 5.41. The van der Waals surface area contributed by atoms with Crippen molar-refractivity contribution in [3.63, 3.8) is 0 Å². The molecule has 2 aromatic rings. The highest BCUT2D eigenvalue weighted by molar-refractivity contribution is 5.92. The van der Waals surface area contributed by atoms with E-state index in [1.54, 1.807) is 18.2 Å². The summed E-state index contributed by atoms with van der Waals surface area (Å²) in [6, 6.07) is 13.8. The van der Waals surface area contributed by atoms with Crippen molar-refractivity contribution in [3.8, 4) is 5.75 Å². The minimum Gasteiger partial charge on any atom is -0.487 e. The van der Waals surface area contributed by atoms with E-state index in [1.807, 2.05) is 24.3 Å². The van der Waals surface area contributed by atoms with Gasteiger partial charge in [0.05, 0.1) is 11.0 Å². The van der Waals surface area contributed by atoms with Crippen LogP contribution >= 0.6 is 0 Å². The Hall–Kier alpha value is -3.15. The number of fused-ring (bicyclic) bond motifs is 1. The van der Waals surface area contributed by atoms with E-state index in [4.69, 9.17) is 4.74 Å². The molecule has 0 aliphatic carbocycles. The van der Waals surface area contributed by atoms with Crippen molar-refractivity contribution in [2.24, 2.45) is 0 Å². The van der Waals surface area contributed by atoms with Gasteiger partial charge in [-0.1, -0.05) is 44.2 Å². The highest BCUT2D eigenvalue weighted by Gasteiger charge is 2.38. The monoisotopic (exact) mass is 380 g/mol. The van der Waals surface area contributed by atoms with Gasteiger partial charge in [0.15, 0.2) is 0 Å². The predicted octanol–water partition coefficient (Wildman–Crippen LogP) is 4.81. The maximum atomic E-state index is 12.5. The standard InChI is InChI=1S/C22H24N2O4/c1-3-22(4-2)15-19(18-10-5-6-11-20(18)28-22)23-21(25)13-12-16-8-7-9-17(14-16)24(26)27/h5-14,19H,3-4,15H2,1-2H3,(H,23,25)/b13-12+/t19-/m1/s1. The van der Waals surface area contributed by atoms with Crippen LogP contribution in [0.5, 0.6) is 5.75 Å². The number of nitro groups is 1. The molecule has 3 rings (SSSR count). The molecule has 0 fully saturated rings. The fourth-order valence-electron chi connectivity index (χ4n) is 3.56.